The first-order chi connectivity index (χ1) is 27.9. The second-order valence-electron chi connectivity index (χ2n) is 16.1. The van der Waals surface area contributed by atoms with E-state index in [2.05, 4.69) is 26.6 Å². The van der Waals surface area contributed by atoms with Crippen LogP contribution in [0.2, 0.25) is 0 Å². The Bertz CT molecular complexity index is 1700. The molecule has 1 fully saturated rings. The van der Waals surface area contributed by atoms with Crippen LogP contribution in [0.5, 0.6) is 0 Å². The number of ether oxygens (including phenoxy) is 3. The molecule has 0 aromatic heterocycles. The number of benzene rings is 2. The molecule has 0 saturated carbocycles. The number of carbonyl (C=O) groups excluding carboxylic acids is 7. The second-order valence-corrected chi connectivity index (χ2v) is 16.1. The van der Waals surface area contributed by atoms with Gasteiger partial charge >= 0.3 is 18.2 Å². The Morgan fingerprint density at radius 3 is 1.92 bits per heavy atom. The van der Waals surface area contributed by atoms with E-state index in [0.717, 1.165) is 11.1 Å². The zero-order chi connectivity index (χ0) is 43.5. The van der Waals surface area contributed by atoms with Crippen LogP contribution >= 0.6 is 0 Å². The average Bonchev–Trinajstić information content (AvgIpc) is 3.68. The van der Waals surface area contributed by atoms with Crippen LogP contribution in [0, 0.1) is 5.92 Å². The third-order valence-electron chi connectivity index (χ3n) is 9.26. The predicted octanol–water partition coefficient (Wildman–Crippen LogP) is 4.25. The van der Waals surface area contributed by atoms with Crippen LogP contribution in [0.15, 0.2) is 60.7 Å². The Hall–Kier alpha value is -5.67. The fourth-order valence-corrected chi connectivity index (χ4v) is 6.25. The first kappa shape index (κ1) is 47.7. The van der Waals surface area contributed by atoms with Crippen LogP contribution in [0.1, 0.15) is 98.1 Å². The maximum Gasteiger partial charge on any atom is 0.408 e. The minimum Gasteiger partial charge on any atom is -0.459 e. The van der Waals surface area contributed by atoms with E-state index in [4.69, 9.17) is 14.2 Å². The van der Waals surface area contributed by atoms with Gasteiger partial charge in [0.15, 0.2) is 0 Å². The molecule has 59 heavy (non-hydrogen) atoms. The van der Waals surface area contributed by atoms with Gasteiger partial charge in [-0.1, -0.05) is 74.5 Å². The maximum absolute atomic E-state index is 13.8. The molecular formula is C43H62N6O10. The highest BCUT2D eigenvalue weighted by atomic mass is 16.6. The summed E-state index contributed by atoms with van der Waals surface area (Å²) in [6.07, 6.45) is 0.841. The minimum atomic E-state index is -1.11. The summed E-state index contributed by atoms with van der Waals surface area (Å²) in [4.78, 5) is 93.4. The summed E-state index contributed by atoms with van der Waals surface area (Å²) < 4.78 is 16.0. The molecular weight excluding hydrogens is 761 g/mol. The number of esters is 1. The molecule has 1 aliphatic rings. The van der Waals surface area contributed by atoms with Crippen molar-refractivity contribution in [3.63, 3.8) is 0 Å². The van der Waals surface area contributed by atoms with Gasteiger partial charge in [-0.15, -0.1) is 0 Å². The zero-order valence-corrected chi connectivity index (χ0v) is 35.3. The van der Waals surface area contributed by atoms with E-state index in [1.807, 2.05) is 62.4 Å². The number of alkyl carbamates (subject to hydrolysis) is 2. The zero-order valence-electron chi connectivity index (χ0n) is 35.3. The monoisotopic (exact) mass is 822 g/mol. The van der Waals surface area contributed by atoms with Gasteiger partial charge in [0, 0.05) is 13.1 Å². The van der Waals surface area contributed by atoms with E-state index in [0.29, 0.717) is 32.1 Å². The summed E-state index contributed by atoms with van der Waals surface area (Å²) in [5, 5.41) is 13.3. The van der Waals surface area contributed by atoms with Gasteiger partial charge in [0.25, 0.3) is 0 Å². The highest BCUT2D eigenvalue weighted by Crippen LogP contribution is 2.21. The number of carbonyl (C=O) groups is 7. The molecule has 1 aliphatic heterocycles. The van der Waals surface area contributed by atoms with Crippen LogP contribution in [0.3, 0.4) is 0 Å². The number of nitrogens with zero attached hydrogens (tertiary/aromatic N) is 1. The van der Waals surface area contributed by atoms with Crippen molar-refractivity contribution in [1.29, 1.82) is 0 Å². The fraction of sp³-hybridized carbons (Fsp3) is 0.558. The predicted molar refractivity (Wildman–Crippen MR) is 219 cm³/mol. The Kier molecular flexibility index (Phi) is 19.1. The number of likely N-dealkylation sites (tertiary alicyclic amines) is 1. The molecule has 0 aliphatic carbocycles. The Morgan fingerprint density at radius 1 is 0.712 bits per heavy atom. The quantitative estimate of drug-likeness (QED) is 0.0728. The molecule has 1 heterocycles. The van der Waals surface area contributed by atoms with Gasteiger partial charge in [-0.3, -0.25) is 19.2 Å². The molecule has 0 radical (unpaired) electrons. The smallest absolute Gasteiger partial charge is 0.408 e. The number of hydrogen-bond donors (Lipinski definition) is 5. The Morgan fingerprint density at radius 2 is 1.32 bits per heavy atom. The van der Waals surface area contributed by atoms with E-state index in [9.17, 15) is 33.6 Å². The van der Waals surface area contributed by atoms with Gasteiger partial charge in [-0.05, 0) is 90.2 Å². The van der Waals surface area contributed by atoms with Crippen molar-refractivity contribution < 1.29 is 47.8 Å². The molecule has 0 unspecified atom stereocenters. The summed E-state index contributed by atoms with van der Waals surface area (Å²) in [5.41, 5.74) is 0.841. The van der Waals surface area contributed by atoms with Gasteiger partial charge < -0.3 is 45.7 Å². The molecule has 0 bridgehead atoms. The summed E-state index contributed by atoms with van der Waals surface area (Å²) in [5.74, 6) is -2.91. The summed E-state index contributed by atoms with van der Waals surface area (Å²) >= 11 is 0. The lowest BCUT2D eigenvalue weighted by Crippen LogP contribution is -2.58. The molecule has 2 aromatic rings. The molecule has 2 aromatic carbocycles. The first-order valence-corrected chi connectivity index (χ1v) is 20.3. The lowest BCUT2D eigenvalue weighted by molar-refractivity contribution is -0.148. The number of hydrogen-bond acceptors (Lipinski definition) is 10. The molecule has 5 N–H and O–H groups in total. The van der Waals surface area contributed by atoms with Gasteiger partial charge in [-0.2, -0.15) is 0 Å². The van der Waals surface area contributed by atoms with Crippen molar-refractivity contribution in [1.82, 2.24) is 31.5 Å². The van der Waals surface area contributed by atoms with E-state index in [-0.39, 0.29) is 38.6 Å². The summed E-state index contributed by atoms with van der Waals surface area (Å²) in [7, 11) is 0. The number of nitrogens with one attached hydrogen (secondary N) is 5. The third kappa shape index (κ3) is 17.4. The third-order valence-corrected chi connectivity index (χ3v) is 9.26. The summed E-state index contributed by atoms with van der Waals surface area (Å²) in [6.45, 7) is 12.6. The lowest BCUT2D eigenvalue weighted by Gasteiger charge is -2.30. The summed E-state index contributed by atoms with van der Waals surface area (Å²) in [6, 6.07) is 13.2. The topological polar surface area (TPSA) is 211 Å². The molecule has 16 nitrogen and oxygen atoms in total. The van der Waals surface area contributed by atoms with Crippen LogP contribution in [-0.2, 0) is 51.4 Å². The fourth-order valence-electron chi connectivity index (χ4n) is 6.25. The van der Waals surface area contributed by atoms with E-state index in [1.54, 1.807) is 32.9 Å². The second kappa shape index (κ2) is 23.7. The molecule has 324 valence electrons. The van der Waals surface area contributed by atoms with Crippen LogP contribution < -0.4 is 26.6 Å². The van der Waals surface area contributed by atoms with Crippen molar-refractivity contribution in [3.8, 4) is 0 Å². The van der Waals surface area contributed by atoms with Crippen LogP contribution in [0.25, 0.3) is 0 Å². The van der Waals surface area contributed by atoms with Crippen LogP contribution in [-0.4, -0.2) is 95.6 Å². The average molecular weight is 823 g/mol. The van der Waals surface area contributed by atoms with Gasteiger partial charge in [-0.25, -0.2) is 14.4 Å². The van der Waals surface area contributed by atoms with E-state index < -0.39 is 77.6 Å². The van der Waals surface area contributed by atoms with Crippen molar-refractivity contribution in [3.05, 3.63) is 71.8 Å². The van der Waals surface area contributed by atoms with Gasteiger partial charge in [0.1, 0.15) is 49.0 Å². The van der Waals surface area contributed by atoms with Crippen molar-refractivity contribution in [2.24, 2.45) is 5.92 Å². The molecule has 5 atom stereocenters. The van der Waals surface area contributed by atoms with Crippen molar-refractivity contribution in [2.75, 3.05) is 13.1 Å². The van der Waals surface area contributed by atoms with E-state index >= 15 is 0 Å². The SMILES string of the molecule is CC(C)C[C@@H](NC(=O)OC(C)(C)C)C(=O)N1CCC[C@H]1C(=O)N[C@H](C)C(=O)N[C@@H](CCCCNC(=O)OCc1ccccc1)C(=O)N[C@H](C)C(=O)OCc1ccccc1. The van der Waals surface area contributed by atoms with Crippen molar-refractivity contribution in [2.45, 2.75) is 136 Å². The highest BCUT2D eigenvalue weighted by molar-refractivity contribution is 5.96. The van der Waals surface area contributed by atoms with E-state index in [1.165, 1.54) is 18.7 Å². The highest BCUT2D eigenvalue weighted by Gasteiger charge is 2.39. The number of rotatable bonds is 20. The Balaban J connectivity index is 1.61. The number of amides is 6. The molecule has 3 rings (SSSR count). The van der Waals surface area contributed by atoms with Crippen LogP contribution in [0.4, 0.5) is 9.59 Å². The van der Waals surface area contributed by atoms with Gasteiger partial charge in [0.2, 0.25) is 23.6 Å². The normalized spacial score (nSPS) is 15.8. The molecule has 1 saturated heterocycles. The molecule has 16 heteroatoms. The molecule has 0 spiro atoms. The first-order valence-electron chi connectivity index (χ1n) is 20.3. The van der Waals surface area contributed by atoms with Crippen molar-refractivity contribution >= 4 is 41.8 Å². The largest absolute Gasteiger partial charge is 0.459 e. The maximum atomic E-state index is 13.8. The van der Waals surface area contributed by atoms with Gasteiger partial charge in [0.05, 0.1) is 0 Å². The lowest BCUT2D eigenvalue weighted by atomic mass is 10.0. The number of unbranched alkanes of at least 4 members (excludes halogenated alkanes) is 1. The Labute approximate surface area is 347 Å². The molecule has 6 amide bonds. The standard InChI is InChI=1S/C43H62N6O10/c1-28(2)25-34(48-42(56)59-43(5,6)7)39(53)49-24-16-22-35(49)38(52)45-29(3)36(50)47-33(21-14-15-23-44-41(55)58-27-32-19-12-9-13-20-32)37(51)46-30(4)40(54)57-26-31-17-10-8-11-18-31/h8-13,17-20,28-30,33-35H,14-16,21-27H2,1-7H3,(H,44,55)(H,45,52)(H,46,51)(H,47,50)(H,48,56)/t29-,30-,33+,34-,35+/m1/s1. The minimum absolute atomic E-state index is 0.0146.